The van der Waals surface area contributed by atoms with Crippen molar-refractivity contribution in [1.29, 1.82) is 0 Å². The topological polar surface area (TPSA) is 73.9 Å². The Morgan fingerprint density at radius 3 is 2.90 bits per heavy atom. The summed E-state index contributed by atoms with van der Waals surface area (Å²) in [5.74, 6) is 0.282. The summed E-state index contributed by atoms with van der Waals surface area (Å²) in [6.07, 6.45) is 6.06. The van der Waals surface area contributed by atoms with Crippen LogP contribution in [0.5, 0.6) is 0 Å². The number of aromatic amines is 1. The minimum Gasteiger partial charge on any atom is -0.360 e. The number of rotatable bonds is 3. The lowest BCUT2D eigenvalue weighted by molar-refractivity contribution is 0.102. The number of fused-ring (bicyclic) bond motifs is 2. The van der Waals surface area contributed by atoms with Crippen LogP contribution in [0.25, 0.3) is 21.9 Å². The van der Waals surface area contributed by atoms with Gasteiger partial charge in [0.2, 0.25) is 0 Å². The Bertz CT molecular complexity index is 1190. The molecule has 1 amide bonds. The standard InChI is InChI=1S/C23H23N5O/c1-28-11-8-15(9-12-28)18-14-25-20-6-7-21(27-22(18)20)23(29)26-17-4-5-19-16(13-17)3-2-10-24-19/h2-7,10,13-15,25H,8-9,11-12H2,1H3,(H,26,29). The number of carbonyl (C=O) groups is 1. The molecule has 0 spiro atoms. The van der Waals surface area contributed by atoms with E-state index in [1.165, 1.54) is 5.56 Å². The summed E-state index contributed by atoms with van der Waals surface area (Å²) in [5, 5.41) is 3.96. The molecule has 5 rings (SSSR count). The van der Waals surface area contributed by atoms with E-state index in [4.69, 9.17) is 4.98 Å². The van der Waals surface area contributed by atoms with Crippen molar-refractivity contribution in [3.63, 3.8) is 0 Å². The molecule has 1 saturated heterocycles. The predicted molar refractivity (Wildman–Crippen MR) is 115 cm³/mol. The number of aromatic nitrogens is 3. The van der Waals surface area contributed by atoms with Crippen LogP contribution in [0.3, 0.4) is 0 Å². The van der Waals surface area contributed by atoms with Crippen molar-refractivity contribution in [2.24, 2.45) is 0 Å². The molecule has 2 N–H and O–H groups in total. The van der Waals surface area contributed by atoms with E-state index in [-0.39, 0.29) is 5.91 Å². The zero-order valence-corrected chi connectivity index (χ0v) is 16.4. The normalized spacial score (nSPS) is 15.8. The van der Waals surface area contributed by atoms with Crippen LogP contribution in [0.15, 0.2) is 54.9 Å². The van der Waals surface area contributed by atoms with Crippen molar-refractivity contribution < 1.29 is 4.79 Å². The Morgan fingerprint density at radius 2 is 2.03 bits per heavy atom. The van der Waals surface area contributed by atoms with Crippen molar-refractivity contribution in [3.8, 4) is 0 Å². The first-order chi connectivity index (χ1) is 14.2. The number of amides is 1. The van der Waals surface area contributed by atoms with E-state index in [9.17, 15) is 4.79 Å². The van der Waals surface area contributed by atoms with Gasteiger partial charge in [0.05, 0.1) is 16.6 Å². The lowest BCUT2D eigenvalue weighted by atomic mass is 9.90. The number of H-pyrrole nitrogens is 1. The van der Waals surface area contributed by atoms with E-state index in [1.807, 2.05) is 36.4 Å². The fourth-order valence-electron chi connectivity index (χ4n) is 4.13. The highest BCUT2D eigenvalue weighted by molar-refractivity contribution is 6.05. The van der Waals surface area contributed by atoms with Gasteiger partial charge in [-0.05, 0) is 80.9 Å². The van der Waals surface area contributed by atoms with Crippen LogP contribution in [0.1, 0.15) is 34.8 Å². The molecular formula is C23H23N5O. The van der Waals surface area contributed by atoms with Gasteiger partial charge in [-0.2, -0.15) is 0 Å². The molecular weight excluding hydrogens is 362 g/mol. The van der Waals surface area contributed by atoms with E-state index in [2.05, 4.69) is 33.4 Å². The van der Waals surface area contributed by atoms with Crippen molar-refractivity contribution in [2.45, 2.75) is 18.8 Å². The minimum absolute atomic E-state index is 0.203. The first kappa shape index (κ1) is 17.8. The van der Waals surface area contributed by atoms with Gasteiger partial charge in [0.15, 0.2) is 0 Å². The summed E-state index contributed by atoms with van der Waals surface area (Å²) >= 11 is 0. The lowest BCUT2D eigenvalue weighted by Crippen LogP contribution is -2.29. The van der Waals surface area contributed by atoms with Crippen molar-refractivity contribution in [3.05, 3.63) is 66.1 Å². The summed E-state index contributed by atoms with van der Waals surface area (Å²) in [4.78, 5) is 27.5. The van der Waals surface area contributed by atoms with Crippen molar-refractivity contribution in [1.82, 2.24) is 19.9 Å². The number of pyridine rings is 2. The molecule has 4 heterocycles. The Labute approximate surface area is 169 Å². The van der Waals surface area contributed by atoms with Crippen molar-refractivity contribution >= 4 is 33.5 Å². The Balaban J connectivity index is 1.41. The molecule has 0 bridgehead atoms. The van der Waals surface area contributed by atoms with Gasteiger partial charge in [0, 0.05) is 23.5 Å². The number of hydrogen-bond donors (Lipinski definition) is 2. The monoisotopic (exact) mass is 385 g/mol. The largest absolute Gasteiger partial charge is 0.360 e. The highest BCUT2D eigenvalue weighted by atomic mass is 16.1. The van der Waals surface area contributed by atoms with Crippen LogP contribution >= 0.6 is 0 Å². The molecule has 0 unspecified atom stereocenters. The fourth-order valence-corrected chi connectivity index (χ4v) is 4.13. The highest BCUT2D eigenvalue weighted by Crippen LogP contribution is 2.32. The first-order valence-corrected chi connectivity index (χ1v) is 10.00. The highest BCUT2D eigenvalue weighted by Gasteiger charge is 2.22. The molecule has 6 nitrogen and oxygen atoms in total. The summed E-state index contributed by atoms with van der Waals surface area (Å²) in [7, 11) is 2.16. The number of anilines is 1. The first-order valence-electron chi connectivity index (χ1n) is 10.00. The SMILES string of the molecule is CN1CCC(c2c[nH]c3ccc(C(=O)Nc4ccc5ncccc5c4)nc23)CC1. The second-order valence-corrected chi connectivity index (χ2v) is 7.78. The van der Waals surface area contributed by atoms with Crippen LogP contribution < -0.4 is 5.32 Å². The average Bonchev–Trinajstić information content (AvgIpc) is 3.17. The maximum absolute atomic E-state index is 12.8. The Hall–Kier alpha value is -3.25. The number of benzene rings is 1. The molecule has 146 valence electrons. The number of piperidine rings is 1. The number of nitrogens with one attached hydrogen (secondary N) is 2. The number of hydrogen-bond acceptors (Lipinski definition) is 4. The van der Waals surface area contributed by atoms with E-state index >= 15 is 0 Å². The van der Waals surface area contributed by atoms with E-state index in [0.29, 0.717) is 11.6 Å². The Morgan fingerprint density at radius 1 is 1.17 bits per heavy atom. The molecule has 6 heteroatoms. The van der Waals surface area contributed by atoms with Crippen LogP contribution in [0.4, 0.5) is 5.69 Å². The van der Waals surface area contributed by atoms with Gasteiger partial charge in [-0.1, -0.05) is 6.07 Å². The smallest absolute Gasteiger partial charge is 0.274 e. The van der Waals surface area contributed by atoms with E-state index in [0.717, 1.165) is 53.6 Å². The second-order valence-electron chi connectivity index (χ2n) is 7.78. The molecule has 1 fully saturated rings. The predicted octanol–water partition coefficient (Wildman–Crippen LogP) is 4.17. The van der Waals surface area contributed by atoms with Gasteiger partial charge in [-0.3, -0.25) is 9.78 Å². The lowest BCUT2D eigenvalue weighted by Gasteiger charge is -2.28. The molecule has 3 aromatic heterocycles. The molecule has 1 aromatic carbocycles. The van der Waals surface area contributed by atoms with Gasteiger partial charge in [0.1, 0.15) is 5.69 Å². The summed E-state index contributed by atoms with van der Waals surface area (Å²) in [6.45, 7) is 2.18. The number of carbonyl (C=O) groups excluding carboxylic acids is 1. The summed E-state index contributed by atoms with van der Waals surface area (Å²) < 4.78 is 0. The quantitative estimate of drug-likeness (QED) is 0.555. The molecule has 0 aliphatic carbocycles. The maximum Gasteiger partial charge on any atom is 0.274 e. The zero-order chi connectivity index (χ0) is 19.8. The van der Waals surface area contributed by atoms with Crippen LogP contribution in [-0.4, -0.2) is 45.9 Å². The third-order valence-electron chi connectivity index (χ3n) is 5.80. The van der Waals surface area contributed by atoms with Gasteiger partial charge in [-0.25, -0.2) is 4.98 Å². The van der Waals surface area contributed by atoms with Crippen LogP contribution in [-0.2, 0) is 0 Å². The molecule has 1 aliphatic heterocycles. The van der Waals surface area contributed by atoms with Gasteiger partial charge >= 0.3 is 0 Å². The molecule has 29 heavy (non-hydrogen) atoms. The molecule has 0 radical (unpaired) electrons. The van der Waals surface area contributed by atoms with Crippen LogP contribution in [0.2, 0.25) is 0 Å². The minimum atomic E-state index is -0.203. The molecule has 1 aliphatic rings. The van der Waals surface area contributed by atoms with Gasteiger partial charge < -0.3 is 15.2 Å². The Kier molecular flexibility index (Phi) is 4.48. The number of likely N-dealkylation sites (tertiary alicyclic amines) is 1. The molecule has 4 aromatic rings. The molecule has 0 saturated carbocycles. The average molecular weight is 385 g/mol. The second kappa shape index (κ2) is 7.29. The molecule has 0 atom stereocenters. The van der Waals surface area contributed by atoms with E-state index in [1.54, 1.807) is 12.3 Å². The van der Waals surface area contributed by atoms with Gasteiger partial charge in [-0.15, -0.1) is 0 Å². The van der Waals surface area contributed by atoms with Crippen molar-refractivity contribution in [2.75, 3.05) is 25.5 Å². The maximum atomic E-state index is 12.8. The third-order valence-corrected chi connectivity index (χ3v) is 5.80. The zero-order valence-electron chi connectivity index (χ0n) is 16.4. The number of nitrogens with zero attached hydrogens (tertiary/aromatic N) is 3. The fraction of sp³-hybridized carbons (Fsp3) is 0.261. The summed E-state index contributed by atoms with van der Waals surface area (Å²) in [5.41, 5.74) is 5.18. The van der Waals surface area contributed by atoms with Gasteiger partial charge in [0.25, 0.3) is 5.91 Å². The summed E-state index contributed by atoms with van der Waals surface area (Å²) in [6, 6.07) is 13.3. The third kappa shape index (κ3) is 3.47. The van der Waals surface area contributed by atoms with Crippen LogP contribution in [0, 0.1) is 0 Å². The van der Waals surface area contributed by atoms with E-state index < -0.39 is 0 Å².